The molecule has 0 aliphatic heterocycles. The first kappa shape index (κ1) is 19.6. The summed E-state index contributed by atoms with van der Waals surface area (Å²) in [6, 6.07) is 8.71. The molecule has 0 bridgehead atoms. The average Bonchev–Trinajstić information content (AvgIpc) is 3.33. The maximum absolute atomic E-state index is 2.35. The summed E-state index contributed by atoms with van der Waals surface area (Å²) >= 11 is 0. The van der Waals surface area contributed by atoms with Gasteiger partial charge in [0.25, 0.3) is 0 Å². The van der Waals surface area contributed by atoms with Crippen molar-refractivity contribution < 1.29 is 26.2 Å². The van der Waals surface area contributed by atoms with Crippen molar-refractivity contribution >= 4 is 0 Å². The molecular weight excluding hydrogens is 348 g/mol. The van der Waals surface area contributed by atoms with Gasteiger partial charge in [-0.2, -0.15) is 0 Å². The van der Waals surface area contributed by atoms with Crippen molar-refractivity contribution in [1.29, 1.82) is 0 Å². The van der Waals surface area contributed by atoms with Gasteiger partial charge in [0.1, 0.15) is 7.05 Å². The molecular formula is C22H28FeN2+2. The zero-order chi connectivity index (χ0) is 16.6. The molecule has 0 saturated heterocycles. The van der Waals surface area contributed by atoms with Crippen molar-refractivity contribution in [2.45, 2.75) is 38.6 Å². The van der Waals surface area contributed by atoms with Gasteiger partial charge in [-0.3, -0.25) is 0 Å². The van der Waals surface area contributed by atoms with Crippen LogP contribution in [0.1, 0.15) is 32.1 Å². The van der Waals surface area contributed by atoms with E-state index in [1.54, 1.807) is 0 Å². The second-order valence-corrected chi connectivity index (χ2v) is 6.70. The summed E-state index contributed by atoms with van der Waals surface area (Å²) in [6.07, 6.45) is 24.2. The molecule has 0 spiro atoms. The van der Waals surface area contributed by atoms with E-state index >= 15 is 0 Å². The van der Waals surface area contributed by atoms with E-state index in [9.17, 15) is 0 Å². The van der Waals surface area contributed by atoms with Gasteiger partial charge in [0.2, 0.25) is 0 Å². The van der Waals surface area contributed by atoms with Gasteiger partial charge in [-0.1, -0.05) is 24.3 Å². The Morgan fingerprint density at radius 1 is 0.840 bits per heavy atom. The molecule has 2 aromatic heterocycles. The summed E-state index contributed by atoms with van der Waals surface area (Å²) in [5.74, 6) is 0.714. The number of hydrogen-bond donors (Lipinski definition) is 0. The Labute approximate surface area is 162 Å². The molecule has 2 aromatic rings. The van der Waals surface area contributed by atoms with E-state index in [4.69, 9.17) is 0 Å². The van der Waals surface area contributed by atoms with Gasteiger partial charge in [-0.05, 0) is 43.2 Å². The Balaban J connectivity index is 0.000000325. The molecule has 0 amide bonds. The van der Waals surface area contributed by atoms with E-state index in [1.807, 2.05) is 7.05 Å². The number of rotatable bonds is 3. The van der Waals surface area contributed by atoms with Crippen LogP contribution in [0.3, 0.4) is 0 Å². The van der Waals surface area contributed by atoms with Gasteiger partial charge in [-0.15, -0.1) is 0 Å². The number of aryl methyl sites for hydroxylation is 1. The van der Waals surface area contributed by atoms with Crippen molar-refractivity contribution in [2.75, 3.05) is 0 Å². The van der Waals surface area contributed by atoms with Crippen LogP contribution < -0.4 is 9.13 Å². The van der Waals surface area contributed by atoms with E-state index < -0.39 is 0 Å². The van der Waals surface area contributed by atoms with E-state index in [-0.39, 0.29) is 17.1 Å². The minimum Gasteiger partial charge on any atom is -0.208 e. The van der Waals surface area contributed by atoms with Crippen molar-refractivity contribution in [3.63, 3.8) is 0 Å². The second-order valence-electron chi connectivity index (χ2n) is 6.70. The third-order valence-electron chi connectivity index (χ3n) is 4.67. The standard InChI is InChI=1S/C17H20N2.C5H8.Fe/c1-18-10-6-16(7-11-18)17-8-12-19(13-9-17)14-15-4-2-3-5-15;1-2-4-5-3-1;/h2,4,6-13,15H,3,5,14H2,1H3;1-2H,3-5H2;/q+2;;/t15-;;/m1../s1. The average molecular weight is 376 g/mol. The number of aromatic nitrogens is 2. The third-order valence-corrected chi connectivity index (χ3v) is 4.67. The summed E-state index contributed by atoms with van der Waals surface area (Å²) < 4.78 is 4.34. The largest absolute Gasteiger partial charge is 0.208 e. The molecule has 1 atom stereocenters. The summed E-state index contributed by atoms with van der Waals surface area (Å²) in [5.41, 5.74) is 2.55. The molecule has 0 saturated carbocycles. The number of hydrogen-bond acceptors (Lipinski definition) is 0. The van der Waals surface area contributed by atoms with E-state index in [2.05, 4.69) is 82.5 Å². The molecule has 0 fully saturated rings. The minimum absolute atomic E-state index is 0. The van der Waals surface area contributed by atoms with Crippen LogP contribution in [-0.4, -0.2) is 0 Å². The fourth-order valence-electron chi connectivity index (χ4n) is 3.17. The monoisotopic (exact) mass is 376 g/mol. The molecule has 4 rings (SSSR count). The van der Waals surface area contributed by atoms with Gasteiger partial charge in [0, 0.05) is 47.3 Å². The summed E-state index contributed by atoms with van der Waals surface area (Å²) in [6.45, 7) is 1.10. The number of pyridine rings is 2. The molecule has 0 aromatic carbocycles. The smallest absolute Gasteiger partial charge is 0.169 e. The zero-order valence-electron chi connectivity index (χ0n) is 15.0. The van der Waals surface area contributed by atoms with Crippen LogP contribution in [0.2, 0.25) is 0 Å². The Kier molecular flexibility index (Phi) is 8.11. The quantitative estimate of drug-likeness (QED) is 0.432. The first-order valence-electron chi connectivity index (χ1n) is 9.08. The first-order valence-corrected chi connectivity index (χ1v) is 9.08. The molecule has 0 radical (unpaired) electrons. The van der Waals surface area contributed by atoms with Crippen LogP contribution in [0, 0.1) is 5.92 Å². The molecule has 2 aliphatic carbocycles. The first-order chi connectivity index (χ1) is 11.8. The van der Waals surface area contributed by atoms with Crippen molar-refractivity contribution in [3.8, 4) is 11.1 Å². The third kappa shape index (κ3) is 6.26. The van der Waals surface area contributed by atoms with Gasteiger partial charge < -0.3 is 0 Å². The fraction of sp³-hybridized carbons (Fsp3) is 0.364. The van der Waals surface area contributed by atoms with Crippen LogP contribution in [0.15, 0.2) is 73.4 Å². The number of nitrogens with zero attached hydrogens (tertiary/aromatic N) is 2. The predicted molar refractivity (Wildman–Crippen MR) is 98.1 cm³/mol. The van der Waals surface area contributed by atoms with Crippen molar-refractivity contribution in [3.05, 3.63) is 73.4 Å². The normalized spacial score (nSPS) is 17.7. The Morgan fingerprint density at radius 2 is 1.44 bits per heavy atom. The van der Waals surface area contributed by atoms with Crippen LogP contribution in [0.25, 0.3) is 11.1 Å². The van der Waals surface area contributed by atoms with Gasteiger partial charge in [0.15, 0.2) is 31.3 Å². The second kappa shape index (κ2) is 10.3. The van der Waals surface area contributed by atoms with E-state index in [1.165, 1.54) is 43.2 Å². The SMILES string of the molecule is C1=CCCC1.C[n+]1ccc(-c2cc[n+](C[C@@H]3C=CCC3)cc2)cc1.[Fe]. The predicted octanol–water partition coefficient (Wildman–Crippen LogP) is 4.16. The molecule has 132 valence electrons. The van der Waals surface area contributed by atoms with Crippen LogP contribution in [-0.2, 0) is 30.7 Å². The van der Waals surface area contributed by atoms with Crippen molar-refractivity contribution in [2.24, 2.45) is 13.0 Å². The summed E-state index contributed by atoms with van der Waals surface area (Å²) in [7, 11) is 2.04. The molecule has 2 aliphatic rings. The van der Waals surface area contributed by atoms with Crippen LogP contribution in [0.4, 0.5) is 0 Å². The maximum Gasteiger partial charge on any atom is 0.169 e. The molecule has 2 heterocycles. The summed E-state index contributed by atoms with van der Waals surface area (Å²) in [5, 5.41) is 0. The van der Waals surface area contributed by atoms with E-state index in [0.29, 0.717) is 5.92 Å². The van der Waals surface area contributed by atoms with Crippen LogP contribution in [0.5, 0.6) is 0 Å². The summed E-state index contributed by atoms with van der Waals surface area (Å²) in [4.78, 5) is 0. The molecule has 25 heavy (non-hydrogen) atoms. The minimum atomic E-state index is 0. The zero-order valence-corrected chi connectivity index (χ0v) is 16.1. The van der Waals surface area contributed by atoms with Crippen LogP contribution >= 0.6 is 0 Å². The fourth-order valence-corrected chi connectivity index (χ4v) is 3.17. The van der Waals surface area contributed by atoms with Gasteiger partial charge >= 0.3 is 0 Å². The van der Waals surface area contributed by atoms with Gasteiger partial charge in [-0.25, -0.2) is 9.13 Å². The molecule has 0 N–H and O–H groups in total. The topological polar surface area (TPSA) is 7.76 Å². The van der Waals surface area contributed by atoms with Gasteiger partial charge in [0.05, 0.1) is 0 Å². The van der Waals surface area contributed by atoms with Crippen molar-refractivity contribution in [1.82, 2.24) is 0 Å². The Hall–Kier alpha value is -1.70. The Bertz CT molecular complexity index is 681. The maximum atomic E-state index is 2.35. The molecule has 2 nitrogen and oxygen atoms in total. The van der Waals surface area contributed by atoms with E-state index in [0.717, 1.165) is 6.54 Å². The Morgan fingerprint density at radius 3 is 1.92 bits per heavy atom. The number of allylic oxidation sites excluding steroid dienone is 4. The molecule has 0 unspecified atom stereocenters. The molecule has 3 heteroatoms.